The molecule has 0 aliphatic carbocycles. The molecule has 0 unspecified atom stereocenters. The van der Waals surface area contributed by atoms with Crippen LogP contribution in [0.5, 0.6) is 0 Å². The molecule has 0 fully saturated rings. The number of nitrogens with zero attached hydrogens (tertiary/aromatic N) is 3. The predicted octanol–water partition coefficient (Wildman–Crippen LogP) is 2.19. The summed E-state index contributed by atoms with van der Waals surface area (Å²) in [5, 5.41) is 10.1. The summed E-state index contributed by atoms with van der Waals surface area (Å²) >= 11 is 0. The smallest absolute Gasteiger partial charge is 0.142 e. The van der Waals surface area contributed by atoms with Crippen molar-refractivity contribution in [1.29, 1.82) is 0 Å². The highest BCUT2D eigenvalue weighted by Crippen LogP contribution is 2.25. The second kappa shape index (κ2) is 5.57. The molecule has 2 aromatic rings. The molecule has 0 aromatic carbocycles. The molecule has 5 nitrogen and oxygen atoms in total. The minimum atomic E-state index is 0.170. The fourth-order valence-corrected chi connectivity index (χ4v) is 2.20. The van der Waals surface area contributed by atoms with E-state index in [4.69, 9.17) is 5.11 Å². The third-order valence-electron chi connectivity index (χ3n) is 2.88. The first-order valence-electron chi connectivity index (χ1n) is 6.65. The van der Waals surface area contributed by atoms with Crippen LogP contribution in [-0.2, 0) is 0 Å². The second-order valence-electron chi connectivity index (χ2n) is 6.00. The van der Waals surface area contributed by atoms with Crippen molar-refractivity contribution < 1.29 is 5.11 Å². The summed E-state index contributed by atoms with van der Waals surface area (Å²) in [7, 11) is 0. The van der Waals surface area contributed by atoms with E-state index in [0.29, 0.717) is 0 Å². The Morgan fingerprint density at radius 1 is 1.32 bits per heavy atom. The zero-order valence-corrected chi connectivity index (χ0v) is 11.8. The Balaban J connectivity index is 2.33. The molecule has 0 amide bonds. The van der Waals surface area contributed by atoms with Gasteiger partial charge in [-0.15, -0.1) is 0 Å². The van der Waals surface area contributed by atoms with E-state index in [0.717, 1.165) is 36.4 Å². The average Bonchev–Trinajstić information content (AvgIpc) is 2.81. The van der Waals surface area contributed by atoms with E-state index in [9.17, 15) is 0 Å². The van der Waals surface area contributed by atoms with Crippen molar-refractivity contribution in [2.24, 2.45) is 5.41 Å². The van der Waals surface area contributed by atoms with E-state index in [1.807, 2.05) is 12.3 Å². The molecule has 5 heteroatoms. The van der Waals surface area contributed by atoms with Crippen LogP contribution in [0.4, 0.5) is 5.82 Å². The van der Waals surface area contributed by atoms with Gasteiger partial charge < -0.3 is 15.0 Å². The Morgan fingerprint density at radius 2 is 2.11 bits per heavy atom. The maximum atomic E-state index is 9.07. The highest BCUT2D eigenvalue weighted by atomic mass is 16.3. The first-order valence-corrected chi connectivity index (χ1v) is 6.65. The van der Waals surface area contributed by atoms with Crippen LogP contribution >= 0.6 is 0 Å². The molecule has 2 N–H and O–H groups in total. The van der Waals surface area contributed by atoms with Crippen molar-refractivity contribution in [3.8, 4) is 0 Å². The third-order valence-corrected chi connectivity index (χ3v) is 2.88. The van der Waals surface area contributed by atoms with Crippen molar-refractivity contribution >= 4 is 16.9 Å². The van der Waals surface area contributed by atoms with Crippen molar-refractivity contribution in [2.45, 2.75) is 27.2 Å². The van der Waals surface area contributed by atoms with E-state index in [1.165, 1.54) is 0 Å². The van der Waals surface area contributed by atoms with Crippen LogP contribution < -0.4 is 4.90 Å². The first kappa shape index (κ1) is 13.8. The lowest BCUT2D eigenvalue weighted by molar-refractivity contribution is 0.286. The highest BCUT2D eigenvalue weighted by Gasteiger charge is 2.19. The Morgan fingerprint density at radius 3 is 2.79 bits per heavy atom. The Kier molecular flexibility index (Phi) is 4.04. The molecule has 2 rings (SSSR count). The Labute approximate surface area is 113 Å². The monoisotopic (exact) mass is 262 g/mol. The van der Waals surface area contributed by atoms with Crippen LogP contribution in [0.2, 0.25) is 0 Å². The zero-order valence-electron chi connectivity index (χ0n) is 11.8. The average molecular weight is 262 g/mol. The molecule has 2 aromatic heterocycles. The van der Waals surface area contributed by atoms with Gasteiger partial charge >= 0.3 is 0 Å². The van der Waals surface area contributed by atoms with Gasteiger partial charge in [-0.05, 0) is 17.9 Å². The van der Waals surface area contributed by atoms with E-state index >= 15 is 0 Å². The number of hydrogen-bond donors (Lipinski definition) is 2. The fourth-order valence-electron chi connectivity index (χ4n) is 2.20. The van der Waals surface area contributed by atoms with Crippen LogP contribution in [0.3, 0.4) is 0 Å². The van der Waals surface area contributed by atoms with Gasteiger partial charge in [-0.3, -0.25) is 0 Å². The fraction of sp³-hybridized carbons (Fsp3) is 0.571. The summed E-state index contributed by atoms with van der Waals surface area (Å²) in [6.45, 7) is 8.49. The Bertz CT molecular complexity index is 529. The van der Waals surface area contributed by atoms with Gasteiger partial charge in [-0.2, -0.15) is 0 Å². The topological polar surface area (TPSA) is 65.0 Å². The molecule has 0 atom stereocenters. The summed E-state index contributed by atoms with van der Waals surface area (Å²) in [5.74, 6) is 0.939. The number of H-pyrrole nitrogens is 1. The minimum Gasteiger partial charge on any atom is -0.396 e. The van der Waals surface area contributed by atoms with Gasteiger partial charge in [0.2, 0.25) is 0 Å². The Hall–Kier alpha value is -1.62. The summed E-state index contributed by atoms with van der Waals surface area (Å²) < 4.78 is 0. The maximum absolute atomic E-state index is 9.07. The molecule has 0 saturated heterocycles. The number of aliphatic hydroxyl groups excluding tert-OH is 1. The number of nitrogens with one attached hydrogen (secondary N) is 1. The number of aromatic amines is 1. The predicted molar refractivity (Wildman–Crippen MR) is 77.3 cm³/mol. The van der Waals surface area contributed by atoms with E-state index in [-0.39, 0.29) is 12.0 Å². The van der Waals surface area contributed by atoms with Gasteiger partial charge in [0.25, 0.3) is 0 Å². The molecule has 19 heavy (non-hydrogen) atoms. The summed E-state index contributed by atoms with van der Waals surface area (Å²) in [4.78, 5) is 14.0. The van der Waals surface area contributed by atoms with Crippen molar-refractivity contribution in [3.63, 3.8) is 0 Å². The standard InChI is InChI=1S/C14H22N4O/c1-14(2,3)9-18(7-4-8-19)13-11-5-6-15-12(11)16-10-17-13/h5-6,10,19H,4,7-9H2,1-3H3,(H,15,16,17). The molecule has 0 radical (unpaired) electrons. The molecular weight excluding hydrogens is 240 g/mol. The van der Waals surface area contributed by atoms with Crippen molar-refractivity contribution in [1.82, 2.24) is 15.0 Å². The quantitative estimate of drug-likeness (QED) is 0.867. The van der Waals surface area contributed by atoms with E-state index < -0.39 is 0 Å². The molecule has 0 saturated carbocycles. The third kappa shape index (κ3) is 3.44. The van der Waals surface area contributed by atoms with Crippen LogP contribution in [0.25, 0.3) is 11.0 Å². The number of fused-ring (bicyclic) bond motifs is 1. The summed E-state index contributed by atoms with van der Waals surface area (Å²) in [6, 6.07) is 2.00. The minimum absolute atomic E-state index is 0.170. The van der Waals surface area contributed by atoms with Gasteiger partial charge in [-0.1, -0.05) is 20.8 Å². The lowest BCUT2D eigenvalue weighted by Crippen LogP contribution is -2.34. The van der Waals surface area contributed by atoms with Gasteiger partial charge in [0, 0.05) is 25.9 Å². The number of rotatable bonds is 5. The van der Waals surface area contributed by atoms with Crippen molar-refractivity contribution in [2.75, 3.05) is 24.6 Å². The lowest BCUT2D eigenvalue weighted by Gasteiger charge is -2.31. The number of hydrogen-bond acceptors (Lipinski definition) is 4. The van der Waals surface area contributed by atoms with Crippen molar-refractivity contribution in [3.05, 3.63) is 18.6 Å². The van der Waals surface area contributed by atoms with E-state index in [2.05, 4.69) is 40.6 Å². The summed E-state index contributed by atoms with van der Waals surface area (Å²) in [5.41, 5.74) is 1.02. The number of anilines is 1. The van der Waals surface area contributed by atoms with Gasteiger partial charge in [0.05, 0.1) is 5.39 Å². The second-order valence-corrected chi connectivity index (χ2v) is 6.00. The van der Waals surface area contributed by atoms with Crippen LogP contribution in [0, 0.1) is 5.41 Å². The van der Waals surface area contributed by atoms with Crippen LogP contribution in [0.15, 0.2) is 18.6 Å². The molecule has 2 heterocycles. The van der Waals surface area contributed by atoms with Gasteiger partial charge in [0.15, 0.2) is 0 Å². The SMILES string of the molecule is CC(C)(C)CN(CCCO)c1ncnc2[nH]ccc12. The number of aliphatic hydroxyl groups is 1. The molecular formula is C14H22N4O. The molecule has 104 valence electrons. The number of aromatic nitrogens is 3. The lowest BCUT2D eigenvalue weighted by atomic mass is 9.96. The largest absolute Gasteiger partial charge is 0.396 e. The molecule has 0 spiro atoms. The molecule has 0 aliphatic heterocycles. The maximum Gasteiger partial charge on any atom is 0.142 e. The molecule has 0 bridgehead atoms. The summed E-state index contributed by atoms with van der Waals surface area (Å²) in [6.07, 6.45) is 4.21. The van der Waals surface area contributed by atoms with E-state index in [1.54, 1.807) is 6.33 Å². The first-order chi connectivity index (χ1) is 9.01. The normalized spacial score (nSPS) is 12.0. The van der Waals surface area contributed by atoms with Crippen LogP contribution in [0.1, 0.15) is 27.2 Å². The van der Waals surface area contributed by atoms with Crippen LogP contribution in [-0.4, -0.2) is 39.8 Å². The molecule has 0 aliphatic rings. The highest BCUT2D eigenvalue weighted by molar-refractivity contribution is 5.87. The van der Waals surface area contributed by atoms with Gasteiger partial charge in [0.1, 0.15) is 17.8 Å². The van der Waals surface area contributed by atoms with Gasteiger partial charge in [-0.25, -0.2) is 9.97 Å². The zero-order chi connectivity index (χ0) is 13.9.